The van der Waals surface area contributed by atoms with E-state index in [-0.39, 0.29) is 5.97 Å². The molecule has 0 bridgehead atoms. The summed E-state index contributed by atoms with van der Waals surface area (Å²) in [6.45, 7) is 6.35. The number of hydrogen-bond acceptors (Lipinski definition) is 7. The maximum absolute atomic E-state index is 12.2. The number of thiophene rings is 1. The van der Waals surface area contributed by atoms with Crippen LogP contribution in [0, 0.1) is 6.92 Å². The van der Waals surface area contributed by atoms with Crippen molar-refractivity contribution in [1.29, 1.82) is 0 Å². The highest BCUT2D eigenvalue weighted by atomic mass is 32.1. The minimum atomic E-state index is -0.272. The van der Waals surface area contributed by atoms with Gasteiger partial charge in [-0.25, -0.2) is 14.8 Å². The molecule has 130 valence electrons. The molecule has 0 N–H and O–H groups in total. The Hall–Kier alpha value is -1.73. The summed E-state index contributed by atoms with van der Waals surface area (Å²) >= 11 is 1.39. The number of aryl methyl sites for hydroxylation is 1. The Morgan fingerprint density at radius 3 is 2.79 bits per heavy atom. The van der Waals surface area contributed by atoms with E-state index in [2.05, 4.69) is 33.9 Å². The van der Waals surface area contributed by atoms with Crippen LogP contribution in [0.1, 0.15) is 35.0 Å². The molecule has 2 aromatic heterocycles. The van der Waals surface area contributed by atoms with E-state index in [1.54, 1.807) is 6.33 Å². The summed E-state index contributed by atoms with van der Waals surface area (Å²) in [4.78, 5) is 27.2. The van der Waals surface area contributed by atoms with Gasteiger partial charge < -0.3 is 14.5 Å². The molecular formula is C17H24N4O2S. The largest absolute Gasteiger partial charge is 0.462 e. The Bertz CT molecular complexity index is 738. The summed E-state index contributed by atoms with van der Waals surface area (Å²) in [5, 5.41) is 0.979. The van der Waals surface area contributed by atoms with Gasteiger partial charge in [-0.2, -0.15) is 0 Å². The number of likely N-dealkylation sites (tertiary alicyclic amines) is 1. The maximum atomic E-state index is 12.2. The normalized spacial score (nSPS) is 16.5. The van der Waals surface area contributed by atoms with E-state index in [0.717, 1.165) is 47.5 Å². The van der Waals surface area contributed by atoms with Crippen molar-refractivity contribution in [3.8, 4) is 0 Å². The lowest BCUT2D eigenvalue weighted by Crippen LogP contribution is -2.42. The lowest BCUT2D eigenvalue weighted by atomic mass is 10.0. The molecule has 2 aromatic rings. The van der Waals surface area contributed by atoms with Crippen LogP contribution in [-0.2, 0) is 4.74 Å². The Balaban J connectivity index is 1.97. The number of nitrogens with zero attached hydrogens (tertiary/aromatic N) is 4. The van der Waals surface area contributed by atoms with Crippen molar-refractivity contribution in [2.75, 3.05) is 38.7 Å². The van der Waals surface area contributed by atoms with Crippen molar-refractivity contribution in [2.24, 2.45) is 0 Å². The molecule has 0 radical (unpaired) electrons. The maximum Gasteiger partial charge on any atom is 0.348 e. The molecular weight excluding hydrogens is 324 g/mol. The Morgan fingerprint density at radius 1 is 1.42 bits per heavy atom. The number of aromatic nitrogens is 2. The fourth-order valence-corrected chi connectivity index (χ4v) is 4.30. The third-order valence-electron chi connectivity index (χ3n) is 4.74. The van der Waals surface area contributed by atoms with Gasteiger partial charge in [0.2, 0.25) is 0 Å². The van der Waals surface area contributed by atoms with Crippen LogP contribution in [0.4, 0.5) is 5.82 Å². The molecule has 24 heavy (non-hydrogen) atoms. The average Bonchev–Trinajstić information content (AvgIpc) is 2.92. The zero-order chi connectivity index (χ0) is 17.3. The monoisotopic (exact) mass is 348 g/mol. The van der Waals surface area contributed by atoms with Gasteiger partial charge in [0.05, 0.1) is 12.0 Å². The van der Waals surface area contributed by atoms with Crippen LogP contribution >= 0.6 is 11.3 Å². The average molecular weight is 348 g/mol. The van der Waals surface area contributed by atoms with Crippen molar-refractivity contribution >= 4 is 33.3 Å². The third-order valence-corrected chi connectivity index (χ3v) is 5.92. The molecule has 0 aromatic carbocycles. The van der Waals surface area contributed by atoms with Gasteiger partial charge in [-0.05, 0) is 52.4 Å². The molecule has 0 unspecified atom stereocenters. The van der Waals surface area contributed by atoms with Gasteiger partial charge in [-0.15, -0.1) is 11.3 Å². The topological polar surface area (TPSA) is 58.6 Å². The molecule has 0 amide bonds. The van der Waals surface area contributed by atoms with E-state index in [9.17, 15) is 4.79 Å². The van der Waals surface area contributed by atoms with E-state index >= 15 is 0 Å². The van der Waals surface area contributed by atoms with E-state index in [1.807, 2.05) is 13.8 Å². The minimum absolute atomic E-state index is 0.272. The van der Waals surface area contributed by atoms with Crippen LogP contribution in [0.2, 0.25) is 0 Å². The van der Waals surface area contributed by atoms with E-state index < -0.39 is 0 Å². The van der Waals surface area contributed by atoms with E-state index in [4.69, 9.17) is 4.74 Å². The molecule has 1 fully saturated rings. The molecule has 0 atom stereocenters. The predicted octanol–water partition coefficient (Wildman–Crippen LogP) is 2.71. The van der Waals surface area contributed by atoms with Gasteiger partial charge in [0.1, 0.15) is 21.9 Å². The first-order chi connectivity index (χ1) is 11.5. The second kappa shape index (κ2) is 7.03. The first kappa shape index (κ1) is 17.1. The highest BCUT2D eigenvalue weighted by Gasteiger charge is 2.26. The van der Waals surface area contributed by atoms with Crippen molar-refractivity contribution < 1.29 is 9.53 Å². The van der Waals surface area contributed by atoms with E-state index in [1.165, 1.54) is 11.3 Å². The number of piperidine rings is 1. The lowest BCUT2D eigenvalue weighted by molar-refractivity contribution is 0.0531. The number of rotatable bonds is 4. The molecule has 1 aliphatic rings. The Labute approximate surface area is 146 Å². The summed E-state index contributed by atoms with van der Waals surface area (Å²) in [7, 11) is 4.26. The molecule has 0 aliphatic carbocycles. The molecule has 6 nitrogen and oxygen atoms in total. The summed E-state index contributed by atoms with van der Waals surface area (Å²) in [5.41, 5.74) is 0.920. The number of esters is 1. The molecule has 0 saturated carbocycles. The smallest absolute Gasteiger partial charge is 0.348 e. The molecule has 1 saturated heterocycles. The fraction of sp³-hybridized carbons (Fsp3) is 0.588. The molecule has 0 spiro atoms. The van der Waals surface area contributed by atoms with Crippen LogP contribution in [0.5, 0.6) is 0 Å². The summed E-state index contributed by atoms with van der Waals surface area (Å²) in [6, 6.07) is 0.463. The minimum Gasteiger partial charge on any atom is -0.462 e. The predicted molar refractivity (Wildman–Crippen MR) is 97.0 cm³/mol. The van der Waals surface area contributed by atoms with Crippen molar-refractivity contribution in [1.82, 2.24) is 14.9 Å². The summed E-state index contributed by atoms with van der Waals surface area (Å²) < 4.78 is 5.17. The quantitative estimate of drug-likeness (QED) is 0.792. The van der Waals surface area contributed by atoms with Crippen molar-refractivity contribution in [3.05, 3.63) is 16.8 Å². The molecule has 3 rings (SSSR count). The van der Waals surface area contributed by atoms with Gasteiger partial charge in [-0.1, -0.05) is 0 Å². The van der Waals surface area contributed by atoms with Gasteiger partial charge >= 0.3 is 5.97 Å². The van der Waals surface area contributed by atoms with Crippen LogP contribution in [0.25, 0.3) is 10.2 Å². The number of carbonyl (C=O) groups is 1. The summed E-state index contributed by atoms with van der Waals surface area (Å²) in [6.07, 6.45) is 3.83. The summed E-state index contributed by atoms with van der Waals surface area (Å²) in [5.74, 6) is 0.643. The highest BCUT2D eigenvalue weighted by Crippen LogP contribution is 2.36. The first-order valence-electron chi connectivity index (χ1n) is 8.35. The van der Waals surface area contributed by atoms with Crippen LogP contribution < -0.4 is 4.90 Å². The van der Waals surface area contributed by atoms with Gasteiger partial charge in [0.25, 0.3) is 0 Å². The van der Waals surface area contributed by atoms with Crippen LogP contribution in [0.15, 0.2) is 6.33 Å². The van der Waals surface area contributed by atoms with E-state index in [0.29, 0.717) is 17.5 Å². The zero-order valence-electron chi connectivity index (χ0n) is 14.7. The SMILES string of the molecule is CCOC(=O)c1sc2ncnc(N(C)C3CCN(C)CC3)c2c1C. The number of hydrogen-bond donors (Lipinski definition) is 0. The third kappa shape index (κ3) is 3.10. The molecule has 7 heteroatoms. The number of ether oxygens (including phenoxy) is 1. The number of carbonyl (C=O) groups excluding carboxylic acids is 1. The Morgan fingerprint density at radius 2 is 2.12 bits per heavy atom. The van der Waals surface area contributed by atoms with Gasteiger partial charge in [-0.3, -0.25) is 0 Å². The number of anilines is 1. The molecule has 1 aliphatic heterocycles. The molecule has 3 heterocycles. The fourth-order valence-electron chi connectivity index (χ4n) is 3.27. The second-order valence-corrected chi connectivity index (χ2v) is 7.30. The lowest BCUT2D eigenvalue weighted by Gasteiger charge is -2.36. The number of fused-ring (bicyclic) bond motifs is 1. The highest BCUT2D eigenvalue weighted by molar-refractivity contribution is 7.20. The second-order valence-electron chi connectivity index (χ2n) is 6.30. The van der Waals surface area contributed by atoms with Gasteiger partial charge in [0, 0.05) is 13.1 Å². The Kier molecular flexibility index (Phi) is 5.01. The van der Waals surface area contributed by atoms with Crippen LogP contribution in [0.3, 0.4) is 0 Å². The van der Waals surface area contributed by atoms with Crippen LogP contribution in [-0.4, -0.2) is 60.7 Å². The first-order valence-corrected chi connectivity index (χ1v) is 9.17. The van der Waals surface area contributed by atoms with Crippen molar-refractivity contribution in [2.45, 2.75) is 32.7 Å². The van der Waals surface area contributed by atoms with Crippen molar-refractivity contribution in [3.63, 3.8) is 0 Å². The van der Waals surface area contributed by atoms with Gasteiger partial charge in [0.15, 0.2) is 0 Å². The standard InChI is InChI=1S/C17H24N4O2S/c1-5-23-17(22)14-11(2)13-15(18-10-19-16(13)24-14)21(4)12-6-8-20(3)9-7-12/h10,12H,5-9H2,1-4H3. The zero-order valence-corrected chi connectivity index (χ0v) is 15.5.